The first-order valence-electron chi connectivity index (χ1n) is 8.58. The van der Waals surface area contributed by atoms with Crippen molar-refractivity contribution in [1.82, 2.24) is 15.1 Å². The van der Waals surface area contributed by atoms with Crippen LogP contribution in [-0.2, 0) is 17.4 Å². The Morgan fingerprint density at radius 3 is 2.43 bits per heavy atom. The molecule has 0 spiro atoms. The number of para-hydroxylation sites is 1. The van der Waals surface area contributed by atoms with Gasteiger partial charge in [0, 0.05) is 19.2 Å². The molecule has 5 nitrogen and oxygen atoms in total. The second-order valence-electron chi connectivity index (χ2n) is 6.00. The lowest BCUT2D eigenvalue weighted by atomic mass is 10.2. The van der Waals surface area contributed by atoms with E-state index in [0.717, 1.165) is 23.5 Å². The van der Waals surface area contributed by atoms with E-state index in [4.69, 9.17) is 4.74 Å². The molecule has 1 N–H and O–H groups in total. The van der Waals surface area contributed by atoms with Crippen LogP contribution in [0.3, 0.4) is 0 Å². The molecule has 28 heavy (non-hydrogen) atoms. The van der Waals surface area contributed by atoms with Crippen LogP contribution in [0.5, 0.6) is 5.75 Å². The third-order valence-electron chi connectivity index (χ3n) is 3.92. The first-order valence-corrected chi connectivity index (χ1v) is 8.58. The summed E-state index contributed by atoms with van der Waals surface area (Å²) in [5.41, 5.74) is 1.01. The van der Waals surface area contributed by atoms with Gasteiger partial charge in [0.25, 0.3) is 5.91 Å². The molecule has 2 aromatic carbocycles. The summed E-state index contributed by atoms with van der Waals surface area (Å²) >= 11 is 0. The van der Waals surface area contributed by atoms with Gasteiger partial charge in [-0.2, -0.15) is 18.3 Å². The van der Waals surface area contributed by atoms with E-state index < -0.39 is 11.7 Å². The topological polar surface area (TPSA) is 56.1 Å². The minimum Gasteiger partial charge on any atom is -0.484 e. The van der Waals surface area contributed by atoms with Gasteiger partial charge in [0.15, 0.2) is 6.61 Å². The Morgan fingerprint density at radius 1 is 1.04 bits per heavy atom. The summed E-state index contributed by atoms with van der Waals surface area (Å²) in [6.07, 6.45) is -2.00. The van der Waals surface area contributed by atoms with Crippen LogP contribution < -0.4 is 10.1 Å². The minimum atomic E-state index is -4.40. The number of halogens is 3. The highest BCUT2D eigenvalue weighted by Crippen LogP contribution is 2.30. The number of nitrogens with zero attached hydrogens (tertiary/aromatic N) is 2. The maximum absolute atomic E-state index is 12.5. The van der Waals surface area contributed by atoms with Crippen LogP contribution in [0.1, 0.15) is 11.3 Å². The molecule has 0 atom stereocenters. The van der Waals surface area contributed by atoms with E-state index >= 15 is 0 Å². The first kappa shape index (κ1) is 19.5. The second-order valence-corrected chi connectivity index (χ2v) is 6.00. The van der Waals surface area contributed by atoms with Crippen molar-refractivity contribution in [2.24, 2.45) is 0 Å². The standard InChI is InChI=1S/C20H18F3N3O2/c21-20(22,23)15-6-8-18(9-7-15)28-14-19(27)24-12-10-16-11-13-26(25-16)17-4-2-1-3-5-17/h1-9,11,13H,10,12,14H2,(H,24,27). The summed E-state index contributed by atoms with van der Waals surface area (Å²) in [6.45, 7) is 0.102. The van der Waals surface area contributed by atoms with E-state index in [0.29, 0.717) is 13.0 Å². The molecule has 0 aliphatic heterocycles. The van der Waals surface area contributed by atoms with Gasteiger partial charge in [0.05, 0.1) is 16.9 Å². The maximum Gasteiger partial charge on any atom is 0.416 e. The number of hydrogen-bond acceptors (Lipinski definition) is 3. The van der Waals surface area contributed by atoms with Crippen molar-refractivity contribution in [2.45, 2.75) is 12.6 Å². The van der Waals surface area contributed by atoms with Gasteiger partial charge in [-0.3, -0.25) is 4.79 Å². The SMILES string of the molecule is O=C(COc1ccc(C(F)(F)F)cc1)NCCc1ccn(-c2ccccc2)n1. The molecule has 1 amide bonds. The van der Waals surface area contributed by atoms with Crippen molar-refractivity contribution >= 4 is 5.91 Å². The molecule has 0 aliphatic carbocycles. The number of hydrogen-bond donors (Lipinski definition) is 1. The molecule has 0 saturated heterocycles. The fourth-order valence-electron chi connectivity index (χ4n) is 2.49. The van der Waals surface area contributed by atoms with Crippen molar-refractivity contribution < 1.29 is 22.7 Å². The average molecular weight is 389 g/mol. The van der Waals surface area contributed by atoms with E-state index in [-0.39, 0.29) is 18.3 Å². The fraction of sp³-hybridized carbons (Fsp3) is 0.200. The average Bonchev–Trinajstić information content (AvgIpc) is 3.16. The lowest BCUT2D eigenvalue weighted by Crippen LogP contribution is -2.30. The molecule has 0 radical (unpaired) electrons. The van der Waals surface area contributed by atoms with Gasteiger partial charge >= 0.3 is 6.18 Å². The molecule has 146 valence electrons. The molecule has 8 heteroatoms. The molecule has 0 aliphatic rings. The van der Waals surface area contributed by atoms with Crippen LogP contribution >= 0.6 is 0 Å². The summed E-state index contributed by atoms with van der Waals surface area (Å²) in [4.78, 5) is 11.8. The molecular formula is C20H18F3N3O2. The van der Waals surface area contributed by atoms with E-state index in [1.807, 2.05) is 42.6 Å². The lowest BCUT2D eigenvalue weighted by molar-refractivity contribution is -0.137. The van der Waals surface area contributed by atoms with Crippen LogP contribution in [0.4, 0.5) is 13.2 Å². The van der Waals surface area contributed by atoms with E-state index in [1.54, 1.807) is 4.68 Å². The molecule has 0 unspecified atom stereocenters. The number of benzene rings is 2. The Hall–Kier alpha value is -3.29. The third-order valence-corrected chi connectivity index (χ3v) is 3.92. The zero-order valence-corrected chi connectivity index (χ0v) is 14.8. The predicted octanol–water partition coefficient (Wildman–Crippen LogP) is 3.63. The molecule has 0 fully saturated rings. The summed E-state index contributed by atoms with van der Waals surface area (Å²) in [6, 6.07) is 15.7. The number of carbonyl (C=O) groups is 1. The first-order chi connectivity index (χ1) is 13.4. The fourth-order valence-corrected chi connectivity index (χ4v) is 2.49. The highest BCUT2D eigenvalue weighted by atomic mass is 19.4. The lowest BCUT2D eigenvalue weighted by Gasteiger charge is -2.09. The number of alkyl halides is 3. The number of nitrogens with one attached hydrogen (secondary N) is 1. The zero-order valence-electron chi connectivity index (χ0n) is 14.8. The van der Waals surface area contributed by atoms with Crippen molar-refractivity contribution in [2.75, 3.05) is 13.2 Å². The number of carbonyl (C=O) groups excluding carboxylic acids is 1. The number of aromatic nitrogens is 2. The van der Waals surface area contributed by atoms with Crippen LogP contribution in [0.25, 0.3) is 5.69 Å². The highest BCUT2D eigenvalue weighted by molar-refractivity contribution is 5.77. The Bertz CT molecular complexity index is 906. The summed E-state index contributed by atoms with van der Waals surface area (Å²) in [5.74, 6) is -0.160. The Balaban J connectivity index is 1.41. The predicted molar refractivity (Wildman–Crippen MR) is 97.2 cm³/mol. The van der Waals surface area contributed by atoms with Crippen LogP contribution in [0, 0.1) is 0 Å². The largest absolute Gasteiger partial charge is 0.484 e. The van der Waals surface area contributed by atoms with Gasteiger partial charge in [-0.1, -0.05) is 18.2 Å². The van der Waals surface area contributed by atoms with Gasteiger partial charge in [0.2, 0.25) is 0 Å². The van der Waals surface area contributed by atoms with Crippen LogP contribution in [0.2, 0.25) is 0 Å². The van der Waals surface area contributed by atoms with Crippen molar-refractivity contribution in [3.8, 4) is 11.4 Å². The minimum absolute atomic E-state index is 0.199. The van der Waals surface area contributed by atoms with Gasteiger partial charge < -0.3 is 10.1 Å². The van der Waals surface area contributed by atoms with E-state index in [9.17, 15) is 18.0 Å². The smallest absolute Gasteiger partial charge is 0.416 e. The Labute approximate surface area is 159 Å². The Kier molecular flexibility index (Phi) is 5.98. The number of rotatable bonds is 7. The van der Waals surface area contributed by atoms with Crippen LogP contribution in [0.15, 0.2) is 66.9 Å². The maximum atomic E-state index is 12.5. The van der Waals surface area contributed by atoms with E-state index in [2.05, 4.69) is 10.4 Å². The molecule has 3 aromatic rings. The van der Waals surface area contributed by atoms with Crippen molar-refractivity contribution in [3.05, 3.63) is 78.1 Å². The molecule has 0 bridgehead atoms. The number of ether oxygens (including phenoxy) is 1. The van der Waals surface area contributed by atoms with Gasteiger partial charge in [0.1, 0.15) is 5.75 Å². The molecule has 0 saturated carbocycles. The molecule has 3 rings (SSSR count). The summed E-state index contributed by atoms with van der Waals surface area (Å²) in [7, 11) is 0. The summed E-state index contributed by atoms with van der Waals surface area (Å²) in [5, 5.41) is 7.13. The number of amides is 1. The normalized spacial score (nSPS) is 11.2. The molecule has 1 heterocycles. The van der Waals surface area contributed by atoms with Crippen molar-refractivity contribution in [1.29, 1.82) is 0 Å². The quantitative estimate of drug-likeness (QED) is 0.671. The summed E-state index contributed by atoms with van der Waals surface area (Å²) < 4.78 is 44.5. The monoisotopic (exact) mass is 389 g/mol. The van der Waals surface area contributed by atoms with Gasteiger partial charge in [-0.25, -0.2) is 4.68 Å². The highest BCUT2D eigenvalue weighted by Gasteiger charge is 2.30. The third kappa shape index (κ3) is 5.35. The molecule has 1 aromatic heterocycles. The Morgan fingerprint density at radius 2 is 1.75 bits per heavy atom. The van der Waals surface area contributed by atoms with Gasteiger partial charge in [-0.15, -0.1) is 0 Å². The van der Waals surface area contributed by atoms with E-state index in [1.165, 1.54) is 12.1 Å². The van der Waals surface area contributed by atoms with Gasteiger partial charge in [-0.05, 0) is 42.5 Å². The zero-order chi connectivity index (χ0) is 20.0. The second kappa shape index (κ2) is 8.60. The molecular weight excluding hydrogens is 371 g/mol. The van der Waals surface area contributed by atoms with Crippen molar-refractivity contribution in [3.63, 3.8) is 0 Å². The van der Waals surface area contributed by atoms with Crippen LogP contribution in [-0.4, -0.2) is 28.8 Å².